The van der Waals surface area contributed by atoms with Gasteiger partial charge in [0.15, 0.2) is 0 Å². The molecule has 0 bridgehead atoms. The number of hydrogen-bond donors (Lipinski definition) is 1. The van der Waals surface area contributed by atoms with Gasteiger partial charge in [0, 0.05) is 7.05 Å². The number of hydrogen-bond acceptors (Lipinski definition) is 3. The SMILES string of the molecule is Cn1ncnc1CNCC1CC1. The molecular weight excluding hydrogens is 152 g/mol. The predicted molar refractivity (Wildman–Crippen MR) is 45.4 cm³/mol. The topological polar surface area (TPSA) is 42.7 Å². The van der Waals surface area contributed by atoms with Crippen molar-refractivity contribution in [2.24, 2.45) is 13.0 Å². The van der Waals surface area contributed by atoms with Crippen molar-refractivity contribution in [2.75, 3.05) is 6.54 Å². The van der Waals surface area contributed by atoms with E-state index in [2.05, 4.69) is 15.4 Å². The van der Waals surface area contributed by atoms with Crippen LogP contribution in [-0.4, -0.2) is 21.3 Å². The van der Waals surface area contributed by atoms with Gasteiger partial charge in [0.05, 0.1) is 6.54 Å². The van der Waals surface area contributed by atoms with E-state index in [1.54, 1.807) is 11.0 Å². The lowest BCUT2D eigenvalue weighted by Gasteiger charge is -2.01. The predicted octanol–water partition coefficient (Wildman–Crippen LogP) is 0.315. The van der Waals surface area contributed by atoms with Gasteiger partial charge >= 0.3 is 0 Å². The minimum Gasteiger partial charge on any atom is -0.310 e. The van der Waals surface area contributed by atoms with Crippen LogP contribution in [-0.2, 0) is 13.6 Å². The Morgan fingerprint density at radius 3 is 3.08 bits per heavy atom. The van der Waals surface area contributed by atoms with E-state index in [0.29, 0.717) is 0 Å². The van der Waals surface area contributed by atoms with E-state index in [0.717, 1.165) is 24.8 Å². The molecule has 4 nitrogen and oxygen atoms in total. The summed E-state index contributed by atoms with van der Waals surface area (Å²) in [5.74, 6) is 1.94. The van der Waals surface area contributed by atoms with E-state index >= 15 is 0 Å². The summed E-state index contributed by atoms with van der Waals surface area (Å²) in [6.07, 6.45) is 4.38. The highest BCUT2D eigenvalue weighted by Gasteiger charge is 2.20. The number of aryl methyl sites for hydroxylation is 1. The zero-order valence-corrected chi connectivity index (χ0v) is 7.32. The average Bonchev–Trinajstić information content (AvgIpc) is 2.78. The van der Waals surface area contributed by atoms with Crippen LogP contribution >= 0.6 is 0 Å². The molecule has 0 aromatic carbocycles. The summed E-state index contributed by atoms with van der Waals surface area (Å²) in [6, 6.07) is 0. The van der Waals surface area contributed by atoms with Crippen LogP contribution in [0, 0.1) is 5.92 Å². The number of nitrogens with zero attached hydrogens (tertiary/aromatic N) is 3. The fraction of sp³-hybridized carbons (Fsp3) is 0.750. The first-order valence-electron chi connectivity index (χ1n) is 4.40. The van der Waals surface area contributed by atoms with Gasteiger partial charge in [0.2, 0.25) is 0 Å². The first-order valence-corrected chi connectivity index (χ1v) is 4.40. The maximum atomic E-state index is 4.12. The third-order valence-corrected chi connectivity index (χ3v) is 2.22. The Balaban J connectivity index is 1.75. The number of aromatic nitrogens is 3. The summed E-state index contributed by atoms with van der Waals surface area (Å²) in [6.45, 7) is 1.97. The molecule has 0 atom stereocenters. The molecule has 1 aliphatic rings. The molecule has 2 rings (SSSR count). The molecular formula is C8H14N4. The molecule has 0 radical (unpaired) electrons. The van der Waals surface area contributed by atoms with Crippen LogP contribution in [0.25, 0.3) is 0 Å². The summed E-state index contributed by atoms with van der Waals surface area (Å²) in [7, 11) is 1.92. The van der Waals surface area contributed by atoms with Gasteiger partial charge in [-0.15, -0.1) is 0 Å². The summed E-state index contributed by atoms with van der Waals surface area (Å²) in [5, 5.41) is 7.36. The Hall–Kier alpha value is -0.900. The molecule has 0 aliphatic heterocycles. The smallest absolute Gasteiger partial charge is 0.140 e. The molecule has 1 aromatic rings. The van der Waals surface area contributed by atoms with Crippen LogP contribution in [0.5, 0.6) is 0 Å². The van der Waals surface area contributed by atoms with Gasteiger partial charge in [-0.1, -0.05) is 0 Å². The summed E-state index contributed by atoms with van der Waals surface area (Å²) in [5.41, 5.74) is 0. The van der Waals surface area contributed by atoms with Crippen LogP contribution in [0.4, 0.5) is 0 Å². The van der Waals surface area contributed by atoms with Crippen molar-refractivity contribution in [3.05, 3.63) is 12.2 Å². The van der Waals surface area contributed by atoms with Crippen LogP contribution < -0.4 is 5.32 Å². The molecule has 0 saturated heterocycles. The van der Waals surface area contributed by atoms with E-state index in [1.807, 2.05) is 7.05 Å². The van der Waals surface area contributed by atoms with Crippen molar-refractivity contribution in [1.29, 1.82) is 0 Å². The van der Waals surface area contributed by atoms with E-state index in [1.165, 1.54) is 12.8 Å². The van der Waals surface area contributed by atoms with Gasteiger partial charge in [-0.05, 0) is 25.3 Å². The van der Waals surface area contributed by atoms with Gasteiger partial charge < -0.3 is 5.32 Å². The highest BCUT2D eigenvalue weighted by Crippen LogP contribution is 2.27. The third kappa shape index (κ3) is 1.82. The fourth-order valence-electron chi connectivity index (χ4n) is 1.19. The maximum Gasteiger partial charge on any atom is 0.140 e. The van der Waals surface area contributed by atoms with Crippen molar-refractivity contribution in [2.45, 2.75) is 19.4 Å². The van der Waals surface area contributed by atoms with E-state index in [4.69, 9.17) is 0 Å². The molecule has 0 amide bonds. The van der Waals surface area contributed by atoms with Crippen LogP contribution in [0.15, 0.2) is 6.33 Å². The monoisotopic (exact) mass is 166 g/mol. The Kier molecular flexibility index (Phi) is 2.08. The normalized spacial score (nSPS) is 16.8. The van der Waals surface area contributed by atoms with Gasteiger partial charge in [-0.25, -0.2) is 4.98 Å². The average molecular weight is 166 g/mol. The fourth-order valence-corrected chi connectivity index (χ4v) is 1.19. The van der Waals surface area contributed by atoms with Crippen molar-refractivity contribution < 1.29 is 0 Å². The molecule has 1 N–H and O–H groups in total. The zero-order chi connectivity index (χ0) is 8.39. The molecule has 1 fully saturated rings. The van der Waals surface area contributed by atoms with Crippen molar-refractivity contribution >= 4 is 0 Å². The molecule has 1 heterocycles. The first kappa shape index (κ1) is 7.73. The van der Waals surface area contributed by atoms with Gasteiger partial charge in [0.1, 0.15) is 12.2 Å². The van der Waals surface area contributed by atoms with Crippen LogP contribution in [0.3, 0.4) is 0 Å². The van der Waals surface area contributed by atoms with Crippen molar-refractivity contribution in [3.63, 3.8) is 0 Å². The molecule has 1 saturated carbocycles. The summed E-state index contributed by atoms with van der Waals surface area (Å²) >= 11 is 0. The van der Waals surface area contributed by atoms with Gasteiger partial charge in [-0.3, -0.25) is 4.68 Å². The van der Waals surface area contributed by atoms with Crippen molar-refractivity contribution in [3.8, 4) is 0 Å². The molecule has 4 heteroatoms. The lowest BCUT2D eigenvalue weighted by Crippen LogP contribution is -2.18. The first-order chi connectivity index (χ1) is 5.86. The third-order valence-electron chi connectivity index (χ3n) is 2.22. The maximum absolute atomic E-state index is 4.12. The second kappa shape index (κ2) is 3.23. The lowest BCUT2D eigenvalue weighted by molar-refractivity contribution is 0.589. The molecule has 66 valence electrons. The summed E-state index contributed by atoms with van der Waals surface area (Å²) in [4.78, 5) is 4.12. The second-order valence-electron chi connectivity index (χ2n) is 3.37. The molecule has 1 aromatic heterocycles. The van der Waals surface area contributed by atoms with E-state index < -0.39 is 0 Å². The molecule has 1 aliphatic carbocycles. The van der Waals surface area contributed by atoms with E-state index in [-0.39, 0.29) is 0 Å². The summed E-state index contributed by atoms with van der Waals surface area (Å²) < 4.78 is 1.81. The quantitative estimate of drug-likeness (QED) is 0.700. The molecule has 0 unspecified atom stereocenters. The highest BCUT2D eigenvalue weighted by atomic mass is 15.3. The van der Waals surface area contributed by atoms with Crippen molar-refractivity contribution in [1.82, 2.24) is 20.1 Å². The van der Waals surface area contributed by atoms with Gasteiger partial charge in [-0.2, -0.15) is 5.10 Å². The Labute approximate surface area is 72.0 Å². The Morgan fingerprint density at radius 2 is 2.50 bits per heavy atom. The Morgan fingerprint density at radius 1 is 1.67 bits per heavy atom. The molecule has 12 heavy (non-hydrogen) atoms. The van der Waals surface area contributed by atoms with Gasteiger partial charge in [0.25, 0.3) is 0 Å². The van der Waals surface area contributed by atoms with E-state index in [9.17, 15) is 0 Å². The standard InChI is InChI=1S/C8H14N4/c1-12-8(10-6-11-12)5-9-4-7-2-3-7/h6-7,9H,2-5H2,1H3. The highest BCUT2D eigenvalue weighted by molar-refractivity contribution is 4.83. The van der Waals surface area contributed by atoms with Crippen LogP contribution in [0.2, 0.25) is 0 Å². The zero-order valence-electron chi connectivity index (χ0n) is 7.32. The van der Waals surface area contributed by atoms with Crippen LogP contribution in [0.1, 0.15) is 18.7 Å². The minimum atomic E-state index is 0.840. The lowest BCUT2D eigenvalue weighted by atomic mass is 10.4. The number of nitrogens with one attached hydrogen (secondary N) is 1. The molecule has 0 spiro atoms. The minimum absolute atomic E-state index is 0.840. The number of rotatable bonds is 4. The second-order valence-corrected chi connectivity index (χ2v) is 3.37. The Bertz CT molecular complexity index is 251. The largest absolute Gasteiger partial charge is 0.310 e.